The van der Waals surface area contributed by atoms with Crippen molar-refractivity contribution in [3.63, 3.8) is 0 Å². The van der Waals surface area contributed by atoms with E-state index in [2.05, 4.69) is 10.6 Å². The summed E-state index contributed by atoms with van der Waals surface area (Å²) in [4.78, 5) is 23.9. The van der Waals surface area contributed by atoms with Crippen molar-refractivity contribution in [3.8, 4) is 5.75 Å². The number of urea groups is 1. The van der Waals surface area contributed by atoms with Gasteiger partial charge in [-0.1, -0.05) is 13.3 Å². The Morgan fingerprint density at radius 1 is 1.38 bits per heavy atom. The molecule has 1 aromatic rings. The number of anilines is 1. The second-order valence-corrected chi connectivity index (χ2v) is 5.37. The number of unbranched alkanes of at least 4 members (excludes halogenated alkanes) is 1. The highest BCUT2D eigenvalue weighted by Gasteiger charge is 2.10. The Morgan fingerprint density at radius 2 is 2.14 bits per heavy atom. The smallest absolute Gasteiger partial charge is 0.321 e. The van der Waals surface area contributed by atoms with E-state index in [9.17, 15) is 9.59 Å². The number of nitrogens with one attached hydrogen (secondary N) is 2. The zero-order valence-electron chi connectivity index (χ0n) is 12.3. The molecular weight excluding hydrogens is 290 g/mol. The number of nitrogens with two attached hydrogens (primary N) is 1. The lowest BCUT2D eigenvalue weighted by Crippen LogP contribution is -2.40. The Balaban J connectivity index is 2.41. The van der Waals surface area contributed by atoms with Crippen molar-refractivity contribution >= 4 is 29.4 Å². The molecule has 1 rings (SSSR count). The summed E-state index contributed by atoms with van der Waals surface area (Å²) in [6, 6.07) is 4.75. The number of rotatable bonds is 7. The summed E-state index contributed by atoms with van der Waals surface area (Å²) in [6.45, 7) is 2.59. The minimum Gasteiger partial charge on any atom is -0.496 e. The molecule has 3 amide bonds. The zero-order chi connectivity index (χ0) is 15.7. The van der Waals surface area contributed by atoms with Crippen LogP contribution < -0.4 is 21.1 Å². The van der Waals surface area contributed by atoms with E-state index >= 15 is 0 Å². The van der Waals surface area contributed by atoms with E-state index in [0.717, 1.165) is 17.7 Å². The summed E-state index contributed by atoms with van der Waals surface area (Å²) in [6.07, 6.45) is 1.88. The first kappa shape index (κ1) is 17.2. The molecule has 0 spiro atoms. The number of imide groups is 1. The van der Waals surface area contributed by atoms with E-state index in [1.54, 1.807) is 25.3 Å². The van der Waals surface area contributed by atoms with Gasteiger partial charge in [-0.15, -0.1) is 11.8 Å². The van der Waals surface area contributed by atoms with Crippen LogP contribution in [0, 0.1) is 0 Å². The van der Waals surface area contributed by atoms with Gasteiger partial charge in [-0.2, -0.15) is 0 Å². The van der Waals surface area contributed by atoms with Crippen LogP contribution in [-0.2, 0) is 4.79 Å². The lowest BCUT2D eigenvalue weighted by molar-refractivity contribution is -0.117. The summed E-state index contributed by atoms with van der Waals surface area (Å²) in [5.74, 6) is 0.384. The maximum absolute atomic E-state index is 11.7. The molecule has 0 atom stereocenters. The van der Waals surface area contributed by atoms with Crippen LogP contribution in [0.25, 0.3) is 0 Å². The average Bonchev–Trinajstić information content (AvgIpc) is 2.46. The molecule has 0 aliphatic heterocycles. The monoisotopic (exact) mass is 311 g/mol. The van der Waals surface area contributed by atoms with E-state index in [1.807, 2.05) is 6.92 Å². The van der Waals surface area contributed by atoms with Gasteiger partial charge in [0, 0.05) is 23.2 Å². The largest absolute Gasteiger partial charge is 0.496 e. The second kappa shape index (κ2) is 9.12. The van der Waals surface area contributed by atoms with Crippen molar-refractivity contribution in [2.45, 2.75) is 24.7 Å². The zero-order valence-corrected chi connectivity index (χ0v) is 13.1. The highest BCUT2D eigenvalue weighted by molar-refractivity contribution is 8.00. The first-order chi connectivity index (χ1) is 10.1. The van der Waals surface area contributed by atoms with Gasteiger partial charge in [0.1, 0.15) is 5.75 Å². The van der Waals surface area contributed by atoms with Crippen LogP contribution in [0.5, 0.6) is 5.75 Å². The van der Waals surface area contributed by atoms with Crippen LogP contribution in [0.3, 0.4) is 0 Å². The predicted molar refractivity (Wildman–Crippen MR) is 84.6 cm³/mol. The summed E-state index contributed by atoms with van der Waals surface area (Å²) in [5, 5.41) is 4.90. The fraction of sp³-hybridized carbons (Fsp3) is 0.429. The van der Waals surface area contributed by atoms with Crippen LogP contribution >= 0.6 is 11.8 Å². The molecule has 0 heterocycles. The predicted octanol–water partition coefficient (Wildman–Crippen LogP) is 2.00. The molecule has 0 unspecified atom stereocenters. The molecule has 0 saturated carbocycles. The standard InChI is InChI=1S/C14H21N3O3S/c1-3-4-7-16-14(19)17-13(18)9-21-12-6-5-10(15)8-11(12)20-2/h5-6,8H,3-4,7,9,15H2,1-2H3,(H2,16,17,18,19). The minimum absolute atomic E-state index is 0.126. The summed E-state index contributed by atoms with van der Waals surface area (Å²) >= 11 is 1.29. The fourth-order valence-electron chi connectivity index (χ4n) is 1.53. The molecular formula is C14H21N3O3S. The van der Waals surface area contributed by atoms with E-state index in [1.165, 1.54) is 11.8 Å². The maximum Gasteiger partial charge on any atom is 0.321 e. The third kappa shape index (κ3) is 6.40. The Bertz CT molecular complexity index is 494. The van der Waals surface area contributed by atoms with Crippen molar-refractivity contribution < 1.29 is 14.3 Å². The molecule has 0 aliphatic carbocycles. The SMILES string of the molecule is CCCCNC(=O)NC(=O)CSc1ccc(N)cc1OC. The van der Waals surface area contributed by atoms with E-state index in [-0.39, 0.29) is 11.7 Å². The summed E-state index contributed by atoms with van der Waals surface area (Å²) in [5.41, 5.74) is 6.25. The van der Waals surface area contributed by atoms with E-state index < -0.39 is 6.03 Å². The molecule has 0 aliphatic rings. The van der Waals surface area contributed by atoms with Gasteiger partial charge in [0.25, 0.3) is 0 Å². The lowest BCUT2D eigenvalue weighted by atomic mass is 10.3. The summed E-state index contributed by atoms with van der Waals surface area (Å²) < 4.78 is 5.19. The Kier molecular flexibility index (Phi) is 7.45. The van der Waals surface area contributed by atoms with Crippen LogP contribution in [0.4, 0.5) is 10.5 Å². The van der Waals surface area contributed by atoms with Crippen molar-refractivity contribution in [2.24, 2.45) is 0 Å². The molecule has 0 aromatic heterocycles. The Labute approximate surface area is 128 Å². The van der Waals surface area contributed by atoms with E-state index in [0.29, 0.717) is 18.0 Å². The molecule has 0 radical (unpaired) electrons. The van der Waals surface area contributed by atoms with Crippen molar-refractivity contribution in [2.75, 3.05) is 25.1 Å². The van der Waals surface area contributed by atoms with Gasteiger partial charge < -0.3 is 15.8 Å². The number of carbonyl (C=O) groups is 2. The molecule has 0 saturated heterocycles. The average molecular weight is 311 g/mol. The number of amides is 3. The fourth-order valence-corrected chi connectivity index (χ4v) is 2.34. The number of hydrogen-bond donors (Lipinski definition) is 3. The second-order valence-electron chi connectivity index (χ2n) is 4.36. The van der Waals surface area contributed by atoms with Crippen molar-refractivity contribution in [1.29, 1.82) is 0 Å². The van der Waals surface area contributed by atoms with Crippen molar-refractivity contribution in [3.05, 3.63) is 18.2 Å². The normalized spacial score (nSPS) is 10.0. The number of nitrogen functional groups attached to an aromatic ring is 1. The Hall–Kier alpha value is -1.89. The molecule has 6 nitrogen and oxygen atoms in total. The molecule has 0 fully saturated rings. The van der Waals surface area contributed by atoms with Crippen LogP contribution in [0.1, 0.15) is 19.8 Å². The van der Waals surface area contributed by atoms with Gasteiger partial charge in [0.15, 0.2) is 0 Å². The quantitative estimate of drug-likeness (QED) is 0.407. The van der Waals surface area contributed by atoms with Gasteiger partial charge >= 0.3 is 6.03 Å². The first-order valence-corrected chi connectivity index (χ1v) is 7.69. The van der Waals surface area contributed by atoms with Crippen LogP contribution in [0.15, 0.2) is 23.1 Å². The molecule has 4 N–H and O–H groups in total. The number of ether oxygens (including phenoxy) is 1. The topological polar surface area (TPSA) is 93.5 Å². The molecule has 0 bridgehead atoms. The highest BCUT2D eigenvalue weighted by Crippen LogP contribution is 2.30. The van der Waals surface area contributed by atoms with E-state index in [4.69, 9.17) is 10.5 Å². The molecule has 7 heteroatoms. The van der Waals surface area contributed by atoms with Crippen molar-refractivity contribution in [1.82, 2.24) is 10.6 Å². The maximum atomic E-state index is 11.7. The van der Waals surface area contributed by atoms with Crippen LogP contribution in [-0.4, -0.2) is 31.3 Å². The number of benzene rings is 1. The minimum atomic E-state index is -0.460. The van der Waals surface area contributed by atoms with Gasteiger partial charge in [-0.05, 0) is 18.6 Å². The van der Waals surface area contributed by atoms with Crippen LogP contribution in [0.2, 0.25) is 0 Å². The molecule has 1 aromatic carbocycles. The van der Waals surface area contributed by atoms with Gasteiger partial charge in [0.2, 0.25) is 5.91 Å². The number of carbonyl (C=O) groups excluding carboxylic acids is 2. The molecule has 116 valence electrons. The third-order valence-electron chi connectivity index (χ3n) is 2.62. The molecule has 21 heavy (non-hydrogen) atoms. The third-order valence-corrected chi connectivity index (χ3v) is 3.67. The number of hydrogen-bond acceptors (Lipinski definition) is 5. The highest BCUT2D eigenvalue weighted by atomic mass is 32.2. The van der Waals surface area contributed by atoms with Gasteiger partial charge in [0.05, 0.1) is 12.9 Å². The summed E-state index contributed by atoms with van der Waals surface area (Å²) in [7, 11) is 1.54. The van der Waals surface area contributed by atoms with Gasteiger partial charge in [-0.3, -0.25) is 10.1 Å². The number of thioether (sulfide) groups is 1. The number of methoxy groups -OCH3 is 1. The van der Waals surface area contributed by atoms with Gasteiger partial charge in [-0.25, -0.2) is 4.79 Å². The lowest BCUT2D eigenvalue weighted by Gasteiger charge is -2.09. The first-order valence-electron chi connectivity index (χ1n) is 6.70. The Morgan fingerprint density at radius 3 is 2.81 bits per heavy atom.